The summed E-state index contributed by atoms with van der Waals surface area (Å²) in [7, 11) is 0. The van der Waals surface area contributed by atoms with E-state index in [-0.39, 0.29) is 5.91 Å². The van der Waals surface area contributed by atoms with Crippen LogP contribution in [-0.2, 0) is 0 Å². The van der Waals surface area contributed by atoms with E-state index >= 15 is 0 Å². The minimum Gasteiger partial charge on any atom is -0.397 e. The molecule has 0 unspecified atom stereocenters. The van der Waals surface area contributed by atoms with Crippen LogP contribution >= 0.6 is 11.3 Å². The number of hydrogen-bond donors (Lipinski definition) is 3. The monoisotopic (exact) mass is 289 g/mol. The van der Waals surface area contributed by atoms with Gasteiger partial charge in [0.1, 0.15) is 4.88 Å². The van der Waals surface area contributed by atoms with Crippen LogP contribution < -0.4 is 16.4 Å². The molecule has 5 heteroatoms. The lowest BCUT2D eigenvalue weighted by Crippen LogP contribution is -2.27. The van der Waals surface area contributed by atoms with Crippen molar-refractivity contribution < 1.29 is 4.79 Å². The smallest absolute Gasteiger partial charge is 0.263 e. The molecule has 0 radical (unpaired) electrons. The molecule has 2 aromatic rings. The van der Waals surface area contributed by atoms with E-state index in [1.54, 1.807) is 0 Å². The molecule has 0 spiro atoms. The second-order valence-corrected chi connectivity index (χ2v) is 6.23. The highest BCUT2D eigenvalue weighted by molar-refractivity contribution is 7.21. The van der Waals surface area contributed by atoms with Gasteiger partial charge in [0.15, 0.2) is 0 Å². The van der Waals surface area contributed by atoms with Crippen LogP contribution in [0.2, 0.25) is 0 Å². The first-order valence-corrected chi connectivity index (χ1v) is 7.86. The van der Waals surface area contributed by atoms with Crippen LogP contribution in [0.1, 0.15) is 28.9 Å². The molecule has 1 aromatic heterocycles. The van der Waals surface area contributed by atoms with E-state index in [1.165, 1.54) is 24.2 Å². The Morgan fingerprint density at radius 1 is 1.30 bits per heavy atom. The Morgan fingerprint density at radius 2 is 2.10 bits per heavy atom. The minimum absolute atomic E-state index is 0.0601. The number of rotatable bonds is 6. The number of nitrogen functional groups attached to an aromatic ring is 1. The lowest BCUT2D eigenvalue weighted by molar-refractivity contribution is 0.0958. The SMILES string of the molecule is Nc1c(C(=O)NCCCNC2CC2)sc2ccccc12. The summed E-state index contributed by atoms with van der Waals surface area (Å²) in [5.74, 6) is -0.0601. The van der Waals surface area contributed by atoms with Crippen molar-refractivity contribution in [2.45, 2.75) is 25.3 Å². The van der Waals surface area contributed by atoms with Crippen LogP contribution in [-0.4, -0.2) is 25.0 Å². The molecule has 1 saturated carbocycles. The van der Waals surface area contributed by atoms with E-state index in [0.29, 0.717) is 17.1 Å². The first-order valence-electron chi connectivity index (χ1n) is 7.04. The number of benzene rings is 1. The third kappa shape index (κ3) is 2.94. The van der Waals surface area contributed by atoms with Gasteiger partial charge in [0.05, 0.1) is 5.69 Å². The average molecular weight is 289 g/mol. The van der Waals surface area contributed by atoms with Crippen LogP contribution in [0.4, 0.5) is 5.69 Å². The Balaban J connectivity index is 1.56. The van der Waals surface area contributed by atoms with E-state index in [9.17, 15) is 4.79 Å². The zero-order chi connectivity index (χ0) is 13.9. The largest absolute Gasteiger partial charge is 0.397 e. The van der Waals surface area contributed by atoms with Crippen LogP contribution in [0.3, 0.4) is 0 Å². The number of nitrogens with one attached hydrogen (secondary N) is 2. The molecule has 0 bridgehead atoms. The molecular formula is C15H19N3OS. The van der Waals surface area contributed by atoms with E-state index in [2.05, 4.69) is 10.6 Å². The minimum atomic E-state index is -0.0601. The van der Waals surface area contributed by atoms with Gasteiger partial charge in [-0.15, -0.1) is 11.3 Å². The van der Waals surface area contributed by atoms with Crippen molar-refractivity contribution in [3.8, 4) is 0 Å². The van der Waals surface area contributed by atoms with Crippen molar-refractivity contribution in [3.05, 3.63) is 29.1 Å². The Bertz CT molecular complexity index is 619. The van der Waals surface area contributed by atoms with Gasteiger partial charge < -0.3 is 16.4 Å². The molecule has 20 heavy (non-hydrogen) atoms. The molecule has 106 valence electrons. The molecule has 1 fully saturated rings. The fourth-order valence-corrected chi connectivity index (χ4v) is 3.24. The maximum Gasteiger partial charge on any atom is 0.263 e. The molecule has 0 aliphatic heterocycles. The molecule has 0 saturated heterocycles. The standard InChI is InChI=1S/C15H19N3OS/c16-13-11-4-1-2-5-12(11)20-14(13)15(19)18-9-3-8-17-10-6-7-10/h1-2,4-5,10,17H,3,6-9,16H2,(H,18,19). The third-order valence-electron chi connectivity index (χ3n) is 3.49. The maximum absolute atomic E-state index is 12.1. The zero-order valence-corrected chi connectivity index (χ0v) is 12.1. The summed E-state index contributed by atoms with van der Waals surface area (Å²) in [6, 6.07) is 8.58. The number of amides is 1. The second-order valence-electron chi connectivity index (χ2n) is 5.18. The van der Waals surface area contributed by atoms with Crippen LogP contribution in [0.25, 0.3) is 10.1 Å². The summed E-state index contributed by atoms with van der Waals surface area (Å²) in [5, 5.41) is 7.35. The number of nitrogens with two attached hydrogens (primary N) is 1. The Labute approximate surface area is 122 Å². The lowest BCUT2D eigenvalue weighted by atomic mass is 10.2. The number of hydrogen-bond acceptors (Lipinski definition) is 4. The highest BCUT2D eigenvalue weighted by Gasteiger charge is 2.19. The van der Waals surface area contributed by atoms with Gasteiger partial charge >= 0.3 is 0 Å². The molecule has 0 atom stereocenters. The highest BCUT2D eigenvalue weighted by Crippen LogP contribution is 2.33. The number of thiophene rings is 1. The third-order valence-corrected chi connectivity index (χ3v) is 4.67. The summed E-state index contributed by atoms with van der Waals surface area (Å²) in [6.07, 6.45) is 3.54. The normalized spacial score (nSPS) is 14.6. The Morgan fingerprint density at radius 3 is 2.85 bits per heavy atom. The van der Waals surface area contributed by atoms with E-state index < -0.39 is 0 Å². The van der Waals surface area contributed by atoms with Gasteiger partial charge in [-0.2, -0.15) is 0 Å². The van der Waals surface area contributed by atoms with Gasteiger partial charge in [-0.1, -0.05) is 18.2 Å². The summed E-state index contributed by atoms with van der Waals surface area (Å²) in [5.41, 5.74) is 6.65. The Kier molecular flexibility index (Phi) is 3.89. The summed E-state index contributed by atoms with van der Waals surface area (Å²) in [6.45, 7) is 1.65. The van der Waals surface area contributed by atoms with Gasteiger partial charge in [0, 0.05) is 22.7 Å². The van der Waals surface area contributed by atoms with Crippen LogP contribution in [0.15, 0.2) is 24.3 Å². The van der Waals surface area contributed by atoms with Gasteiger partial charge in [-0.05, 0) is 31.9 Å². The molecule has 4 N–H and O–H groups in total. The molecule has 3 rings (SSSR count). The predicted octanol–water partition coefficient (Wildman–Crippen LogP) is 2.36. The van der Waals surface area contributed by atoms with Crippen molar-refractivity contribution in [3.63, 3.8) is 0 Å². The number of anilines is 1. The molecule has 1 heterocycles. The number of carbonyl (C=O) groups is 1. The zero-order valence-electron chi connectivity index (χ0n) is 11.3. The van der Waals surface area contributed by atoms with Crippen molar-refractivity contribution >= 4 is 33.0 Å². The lowest BCUT2D eigenvalue weighted by Gasteiger charge is -2.05. The maximum atomic E-state index is 12.1. The van der Waals surface area contributed by atoms with Crippen LogP contribution in [0.5, 0.6) is 0 Å². The van der Waals surface area contributed by atoms with Crippen molar-refractivity contribution in [2.75, 3.05) is 18.8 Å². The summed E-state index contributed by atoms with van der Waals surface area (Å²) < 4.78 is 1.06. The van der Waals surface area contributed by atoms with Crippen molar-refractivity contribution in [1.82, 2.24) is 10.6 Å². The fourth-order valence-electron chi connectivity index (χ4n) is 2.20. The molecular weight excluding hydrogens is 270 g/mol. The molecule has 1 aliphatic rings. The van der Waals surface area contributed by atoms with Crippen LogP contribution in [0, 0.1) is 0 Å². The Hall–Kier alpha value is -1.59. The van der Waals surface area contributed by atoms with Gasteiger partial charge in [-0.3, -0.25) is 4.79 Å². The van der Waals surface area contributed by atoms with Gasteiger partial charge in [-0.25, -0.2) is 0 Å². The van der Waals surface area contributed by atoms with Gasteiger partial charge in [0.25, 0.3) is 5.91 Å². The highest BCUT2D eigenvalue weighted by atomic mass is 32.1. The molecule has 1 aromatic carbocycles. The molecule has 1 aliphatic carbocycles. The predicted molar refractivity (Wildman–Crippen MR) is 84.2 cm³/mol. The van der Waals surface area contributed by atoms with E-state index in [0.717, 1.165) is 29.1 Å². The van der Waals surface area contributed by atoms with Crippen molar-refractivity contribution in [2.24, 2.45) is 0 Å². The van der Waals surface area contributed by atoms with Crippen molar-refractivity contribution in [1.29, 1.82) is 0 Å². The molecule has 4 nitrogen and oxygen atoms in total. The topological polar surface area (TPSA) is 67.2 Å². The average Bonchev–Trinajstić information content (AvgIpc) is 3.22. The quantitative estimate of drug-likeness (QED) is 0.715. The van der Waals surface area contributed by atoms with E-state index in [4.69, 9.17) is 5.73 Å². The molecule has 1 amide bonds. The summed E-state index contributed by atoms with van der Waals surface area (Å²) in [4.78, 5) is 12.8. The first kappa shape index (κ1) is 13.4. The van der Waals surface area contributed by atoms with E-state index in [1.807, 2.05) is 24.3 Å². The second kappa shape index (κ2) is 5.81. The summed E-state index contributed by atoms with van der Waals surface area (Å²) >= 11 is 1.46. The van der Waals surface area contributed by atoms with Gasteiger partial charge in [0.2, 0.25) is 0 Å². The number of carbonyl (C=O) groups excluding carboxylic acids is 1. The number of fused-ring (bicyclic) bond motifs is 1. The first-order chi connectivity index (χ1) is 9.75. The fraction of sp³-hybridized carbons (Fsp3) is 0.400.